The van der Waals surface area contributed by atoms with Crippen LogP contribution >= 0.6 is 0 Å². The Bertz CT molecular complexity index is 900. The van der Waals surface area contributed by atoms with Gasteiger partial charge in [0.05, 0.1) is 0 Å². The molecule has 0 spiro atoms. The van der Waals surface area contributed by atoms with Gasteiger partial charge in [-0.1, -0.05) is 18.2 Å². The van der Waals surface area contributed by atoms with Gasteiger partial charge < -0.3 is 15.1 Å². The summed E-state index contributed by atoms with van der Waals surface area (Å²) in [6.07, 6.45) is 3.53. The monoisotopic (exact) mass is 363 g/mol. The van der Waals surface area contributed by atoms with Gasteiger partial charge in [-0.05, 0) is 36.8 Å². The van der Waals surface area contributed by atoms with Gasteiger partial charge in [0.1, 0.15) is 0 Å². The van der Waals surface area contributed by atoms with E-state index in [2.05, 4.69) is 25.5 Å². The summed E-state index contributed by atoms with van der Waals surface area (Å²) in [5.74, 6) is 1.49. The van der Waals surface area contributed by atoms with Crippen molar-refractivity contribution in [3.05, 3.63) is 60.4 Å². The van der Waals surface area contributed by atoms with E-state index < -0.39 is 0 Å². The predicted molar refractivity (Wildman–Crippen MR) is 103 cm³/mol. The Hall–Kier alpha value is -3.42. The van der Waals surface area contributed by atoms with E-state index in [1.54, 1.807) is 10.9 Å². The molecule has 0 saturated carbocycles. The zero-order valence-corrected chi connectivity index (χ0v) is 15.1. The zero-order valence-electron chi connectivity index (χ0n) is 15.1. The van der Waals surface area contributed by atoms with Gasteiger partial charge in [-0.25, -0.2) is 9.48 Å². The van der Waals surface area contributed by atoms with Gasteiger partial charge >= 0.3 is 6.03 Å². The van der Waals surface area contributed by atoms with Crippen LogP contribution in [0.5, 0.6) is 0 Å². The maximum absolute atomic E-state index is 12.5. The minimum absolute atomic E-state index is 0.0657. The minimum atomic E-state index is -0.0657. The quantitative estimate of drug-likeness (QED) is 0.773. The third-order valence-electron chi connectivity index (χ3n) is 4.65. The lowest BCUT2D eigenvalue weighted by Gasteiger charge is -2.35. The topological polar surface area (TPSA) is 79.2 Å². The number of rotatable bonds is 3. The summed E-state index contributed by atoms with van der Waals surface area (Å²) in [4.78, 5) is 16.5. The number of benzene rings is 1. The smallest absolute Gasteiger partial charge is 0.321 e. The van der Waals surface area contributed by atoms with Gasteiger partial charge in [0.2, 0.25) is 0 Å². The lowest BCUT2D eigenvalue weighted by molar-refractivity contribution is 0.208. The molecule has 2 aromatic heterocycles. The molecule has 2 amide bonds. The van der Waals surface area contributed by atoms with E-state index >= 15 is 0 Å². The van der Waals surface area contributed by atoms with Crippen molar-refractivity contribution >= 4 is 17.5 Å². The first-order valence-corrected chi connectivity index (χ1v) is 8.91. The highest BCUT2D eigenvalue weighted by atomic mass is 16.2. The average Bonchev–Trinajstić information content (AvgIpc) is 3.25. The first kappa shape index (κ1) is 17.0. The number of urea groups is 1. The molecule has 3 aromatic rings. The van der Waals surface area contributed by atoms with Gasteiger partial charge in [-0.2, -0.15) is 5.10 Å². The highest BCUT2D eigenvalue weighted by Crippen LogP contribution is 2.17. The largest absolute Gasteiger partial charge is 0.352 e. The summed E-state index contributed by atoms with van der Waals surface area (Å²) >= 11 is 0. The number of para-hydroxylation sites is 1. The van der Waals surface area contributed by atoms with Crippen LogP contribution in [0.1, 0.15) is 5.56 Å². The van der Waals surface area contributed by atoms with E-state index in [0.29, 0.717) is 18.9 Å². The van der Waals surface area contributed by atoms with Gasteiger partial charge in [0.15, 0.2) is 11.6 Å². The number of amides is 2. The summed E-state index contributed by atoms with van der Waals surface area (Å²) in [5, 5.41) is 15.7. The standard InChI is InChI=1S/C19H21N7O/c1-15-5-2-3-6-16(15)21-19(27)25-13-11-24(12-14-25)17-7-8-18(23-22-17)26-10-4-9-20-26/h2-10H,11-14H2,1H3,(H,21,27). The molecular formula is C19H21N7O. The number of carbonyl (C=O) groups is 1. The Morgan fingerprint density at radius 2 is 1.70 bits per heavy atom. The number of aryl methyl sites for hydroxylation is 1. The Kier molecular flexibility index (Phi) is 4.69. The van der Waals surface area contributed by atoms with Crippen molar-refractivity contribution in [3.8, 4) is 5.82 Å². The Morgan fingerprint density at radius 3 is 2.37 bits per heavy atom. The van der Waals surface area contributed by atoms with E-state index in [0.717, 1.165) is 30.2 Å². The lowest BCUT2D eigenvalue weighted by atomic mass is 10.2. The SMILES string of the molecule is Cc1ccccc1NC(=O)N1CCN(c2ccc(-n3cccn3)nn2)CC1. The maximum Gasteiger partial charge on any atom is 0.321 e. The second-order valence-corrected chi connectivity index (χ2v) is 6.42. The third kappa shape index (κ3) is 3.74. The maximum atomic E-state index is 12.5. The fourth-order valence-electron chi connectivity index (χ4n) is 3.06. The van der Waals surface area contributed by atoms with E-state index in [4.69, 9.17) is 0 Å². The molecule has 27 heavy (non-hydrogen) atoms. The van der Waals surface area contributed by atoms with Crippen LogP contribution in [0.15, 0.2) is 54.9 Å². The summed E-state index contributed by atoms with van der Waals surface area (Å²) in [5.41, 5.74) is 1.90. The molecule has 0 atom stereocenters. The average molecular weight is 363 g/mol. The lowest BCUT2D eigenvalue weighted by Crippen LogP contribution is -2.50. The highest BCUT2D eigenvalue weighted by molar-refractivity contribution is 5.90. The Labute approximate surface area is 157 Å². The van der Waals surface area contributed by atoms with Crippen molar-refractivity contribution in [3.63, 3.8) is 0 Å². The number of nitrogens with zero attached hydrogens (tertiary/aromatic N) is 6. The molecule has 1 saturated heterocycles. The third-order valence-corrected chi connectivity index (χ3v) is 4.65. The van der Waals surface area contributed by atoms with Crippen LogP contribution in [0.2, 0.25) is 0 Å². The summed E-state index contributed by atoms with van der Waals surface area (Å²) in [7, 11) is 0. The molecule has 8 heteroatoms. The van der Waals surface area contributed by atoms with Crippen LogP contribution in [0.25, 0.3) is 5.82 Å². The molecule has 1 aliphatic heterocycles. The number of carbonyl (C=O) groups excluding carboxylic acids is 1. The molecule has 4 rings (SSSR count). The first-order valence-electron chi connectivity index (χ1n) is 8.91. The van der Waals surface area contributed by atoms with Gasteiger partial charge in [-0.15, -0.1) is 10.2 Å². The number of anilines is 2. The first-order chi connectivity index (χ1) is 13.2. The van der Waals surface area contributed by atoms with Crippen molar-refractivity contribution in [1.82, 2.24) is 24.9 Å². The van der Waals surface area contributed by atoms with Crippen molar-refractivity contribution in [2.45, 2.75) is 6.92 Å². The van der Waals surface area contributed by atoms with E-state index in [1.807, 2.05) is 60.5 Å². The predicted octanol–water partition coefficient (Wildman–Crippen LogP) is 2.32. The number of hydrogen-bond donors (Lipinski definition) is 1. The highest BCUT2D eigenvalue weighted by Gasteiger charge is 2.22. The van der Waals surface area contributed by atoms with E-state index in [-0.39, 0.29) is 6.03 Å². The molecule has 0 unspecified atom stereocenters. The van der Waals surface area contributed by atoms with Crippen LogP contribution in [0.4, 0.5) is 16.3 Å². The zero-order chi connectivity index (χ0) is 18.6. The molecule has 3 heterocycles. The number of piperazine rings is 1. The van der Waals surface area contributed by atoms with Crippen molar-refractivity contribution in [2.75, 3.05) is 36.4 Å². The Morgan fingerprint density at radius 1 is 0.963 bits per heavy atom. The van der Waals surface area contributed by atoms with Gasteiger partial charge in [0.25, 0.3) is 0 Å². The molecule has 1 N–H and O–H groups in total. The van der Waals surface area contributed by atoms with Crippen molar-refractivity contribution < 1.29 is 4.79 Å². The van der Waals surface area contributed by atoms with Crippen LogP contribution < -0.4 is 10.2 Å². The fraction of sp³-hybridized carbons (Fsp3) is 0.263. The number of aromatic nitrogens is 4. The Balaban J connectivity index is 1.34. The van der Waals surface area contributed by atoms with Crippen LogP contribution in [0.3, 0.4) is 0 Å². The number of nitrogens with one attached hydrogen (secondary N) is 1. The molecule has 1 fully saturated rings. The van der Waals surface area contributed by atoms with E-state index in [9.17, 15) is 4.79 Å². The van der Waals surface area contributed by atoms with Crippen LogP contribution in [0, 0.1) is 6.92 Å². The van der Waals surface area contributed by atoms with E-state index in [1.165, 1.54) is 0 Å². The normalized spacial score (nSPS) is 14.3. The molecule has 1 aliphatic rings. The van der Waals surface area contributed by atoms with Gasteiger partial charge in [-0.3, -0.25) is 0 Å². The van der Waals surface area contributed by atoms with Crippen LogP contribution in [-0.2, 0) is 0 Å². The molecule has 0 radical (unpaired) electrons. The van der Waals surface area contributed by atoms with Crippen molar-refractivity contribution in [1.29, 1.82) is 0 Å². The molecule has 0 aliphatic carbocycles. The molecule has 8 nitrogen and oxygen atoms in total. The second kappa shape index (κ2) is 7.45. The van der Waals surface area contributed by atoms with Gasteiger partial charge in [0, 0.05) is 44.3 Å². The van der Waals surface area contributed by atoms with Crippen molar-refractivity contribution in [2.24, 2.45) is 0 Å². The second-order valence-electron chi connectivity index (χ2n) is 6.42. The number of hydrogen-bond acceptors (Lipinski definition) is 5. The molecule has 138 valence electrons. The summed E-state index contributed by atoms with van der Waals surface area (Å²) in [6.45, 7) is 4.70. The molecule has 0 bridgehead atoms. The summed E-state index contributed by atoms with van der Waals surface area (Å²) < 4.78 is 1.67. The fourth-order valence-corrected chi connectivity index (χ4v) is 3.06. The molecular weight excluding hydrogens is 342 g/mol. The summed E-state index contributed by atoms with van der Waals surface area (Å²) in [6, 6.07) is 13.4. The van der Waals surface area contributed by atoms with Crippen LogP contribution in [-0.4, -0.2) is 57.1 Å². The molecule has 1 aromatic carbocycles. The minimum Gasteiger partial charge on any atom is -0.352 e.